The van der Waals surface area contributed by atoms with Crippen molar-refractivity contribution in [3.8, 4) is 0 Å². The van der Waals surface area contributed by atoms with E-state index in [1.807, 2.05) is 0 Å². The minimum atomic E-state index is 0.298. The number of aliphatic hydroxyl groups is 1. The number of hydrogen-bond acceptors (Lipinski definition) is 3. The SMILES string of the molecule is CCCNC(CCO)CN1CCCC1CC. The van der Waals surface area contributed by atoms with Crippen molar-refractivity contribution in [2.24, 2.45) is 0 Å². The second-order valence-electron chi connectivity index (χ2n) is 4.86. The molecule has 0 aliphatic carbocycles. The van der Waals surface area contributed by atoms with Gasteiger partial charge in [0.2, 0.25) is 0 Å². The van der Waals surface area contributed by atoms with Crippen molar-refractivity contribution in [1.82, 2.24) is 10.2 Å². The molecule has 0 aromatic heterocycles. The number of rotatable bonds is 8. The third-order valence-electron chi connectivity index (χ3n) is 3.59. The molecule has 1 aliphatic rings. The molecule has 1 rings (SSSR count). The summed E-state index contributed by atoms with van der Waals surface area (Å²) in [6.07, 6.45) is 6.01. The zero-order valence-electron chi connectivity index (χ0n) is 10.9. The van der Waals surface area contributed by atoms with Crippen LogP contribution in [0.3, 0.4) is 0 Å². The topological polar surface area (TPSA) is 35.5 Å². The molecular formula is C13H28N2O. The van der Waals surface area contributed by atoms with Crippen molar-refractivity contribution in [2.75, 3.05) is 26.2 Å². The summed E-state index contributed by atoms with van der Waals surface area (Å²) < 4.78 is 0. The molecule has 0 radical (unpaired) electrons. The van der Waals surface area contributed by atoms with Crippen molar-refractivity contribution in [1.29, 1.82) is 0 Å². The fraction of sp³-hybridized carbons (Fsp3) is 1.00. The van der Waals surface area contributed by atoms with Crippen LogP contribution in [0.5, 0.6) is 0 Å². The molecule has 0 aromatic carbocycles. The van der Waals surface area contributed by atoms with Crippen molar-refractivity contribution >= 4 is 0 Å². The van der Waals surface area contributed by atoms with Gasteiger partial charge in [0, 0.05) is 25.2 Å². The van der Waals surface area contributed by atoms with Crippen LogP contribution < -0.4 is 5.32 Å². The van der Waals surface area contributed by atoms with Gasteiger partial charge in [-0.3, -0.25) is 4.90 Å². The quantitative estimate of drug-likeness (QED) is 0.662. The molecule has 0 saturated carbocycles. The van der Waals surface area contributed by atoms with Crippen molar-refractivity contribution in [3.05, 3.63) is 0 Å². The van der Waals surface area contributed by atoms with Gasteiger partial charge in [-0.15, -0.1) is 0 Å². The van der Waals surface area contributed by atoms with Crippen LogP contribution >= 0.6 is 0 Å². The van der Waals surface area contributed by atoms with E-state index in [0.717, 1.165) is 25.6 Å². The maximum absolute atomic E-state index is 9.07. The summed E-state index contributed by atoms with van der Waals surface area (Å²) in [4.78, 5) is 2.60. The Morgan fingerprint density at radius 2 is 2.25 bits per heavy atom. The number of hydrogen-bond donors (Lipinski definition) is 2. The van der Waals surface area contributed by atoms with Gasteiger partial charge in [0.05, 0.1) is 0 Å². The van der Waals surface area contributed by atoms with Crippen molar-refractivity contribution in [3.63, 3.8) is 0 Å². The monoisotopic (exact) mass is 228 g/mol. The Hall–Kier alpha value is -0.120. The van der Waals surface area contributed by atoms with Crippen LogP contribution in [0.25, 0.3) is 0 Å². The molecule has 1 heterocycles. The zero-order valence-corrected chi connectivity index (χ0v) is 10.9. The highest BCUT2D eigenvalue weighted by Gasteiger charge is 2.24. The minimum Gasteiger partial charge on any atom is -0.396 e. The molecule has 1 saturated heterocycles. The van der Waals surface area contributed by atoms with Crippen molar-refractivity contribution in [2.45, 2.75) is 58.0 Å². The molecule has 96 valence electrons. The molecule has 2 atom stereocenters. The largest absolute Gasteiger partial charge is 0.396 e. The maximum Gasteiger partial charge on any atom is 0.0446 e. The van der Waals surface area contributed by atoms with Gasteiger partial charge in [0.25, 0.3) is 0 Å². The Morgan fingerprint density at radius 1 is 1.44 bits per heavy atom. The average molecular weight is 228 g/mol. The van der Waals surface area contributed by atoms with E-state index in [1.54, 1.807) is 0 Å². The maximum atomic E-state index is 9.07. The van der Waals surface area contributed by atoms with Crippen LogP contribution in [-0.2, 0) is 0 Å². The summed E-state index contributed by atoms with van der Waals surface area (Å²) in [5.74, 6) is 0. The van der Waals surface area contributed by atoms with Gasteiger partial charge in [-0.2, -0.15) is 0 Å². The first kappa shape index (κ1) is 13.9. The lowest BCUT2D eigenvalue weighted by molar-refractivity contribution is 0.194. The Balaban J connectivity index is 2.34. The van der Waals surface area contributed by atoms with Crippen molar-refractivity contribution < 1.29 is 5.11 Å². The molecule has 2 unspecified atom stereocenters. The smallest absolute Gasteiger partial charge is 0.0446 e. The zero-order chi connectivity index (χ0) is 11.8. The molecule has 3 heteroatoms. The second-order valence-corrected chi connectivity index (χ2v) is 4.86. The Labute approximate surface area is 100 Å². The fourth-order valence-corrected chi connectivity index (χ4v) is 2.64. The second kappa shape index (κ2) is 8.04. The number of likely N-dealkylation sites (tertiary alicyclic amines) is 1. The summed E-state index contributed by atoms with van der Waals surface area (Å²) in [5, 5.41) is 12.6. The predicted octanol–water partition coefficient (Wildman–Crippen LogP) is 1.61. The van der Waals surface area contributed by atoms with Gasteiger partial charge < -0.3 is 10.4 Å². The average Bonchev–Trinajstić information content (AvgIpc) is 2.73. The van der Waals surface area contributed by atoms with Gasteiger partial charge in [-0.25, -0.2) is 0 Å². The highest BCUT2D eigenvalue weighted by Crippen LogP contribution is 2.20. The van der Waals surface area contributed by atoms with E-state index in [0.29, 0.717) is 12.6 Å². The molecule has 16 heavy (non-hydrogen) atoms. The molecule has 1 aliphatic heterocycles. The summed E-state index contributed by atoms with van der Waals surface area (Å²) in [5.41, 5.74) is 0. The summed E-state index contributed by atoms with van der Waals surface area (Å²) >= 11 is 0. The third kappa shape index (κ3) is 4.40. The number of aliphatic hydroxyl groups excluding tert-OH is 1. The molecule has 0 bridgehead atoms. The molecular weight excluding hydrogens is 200 g/mol. The molecule has 0 aromatic rings. The van der Waals surface area contributed by atoms with E-state index >= 15 is 0 Å². The highest BCUT2D eigenvalue weighted by atomic mass is 16.3. The summed E-state index contributed by atoms with van der Waals surface area (Å²) in [7, 11) is 0. The van der Waals surface area contributed by atoms with Gasteiger partial charge in [-0.1, -0.05) is 13.8 Å². The predicted molar refractivity (Wildman–Crippen MR) is 68.7 cm³/mol. The van der Waals surface area contributed by atoms with E-state index in [9.17, 15) is 0 Å². The van der Waals surface area contributed by atoms with Gasteiger partial charge in [0.1, 0.15) is 0 Å². The van der Waals surface area contributed by atoms with Crippen LogP contribution in [0.15, 0.2) is 0 Å². The van der Waals surface area contributed by atoms with E-state index in [-0.39, 0.29) is 0 Å². The Bertz CT molecular complexity index is 175. The molecule has 2 N–H and O–H groups in total. The molecule has 0 amide bonds. The third-order valence-corrected chi connectivity index (χ3v) is 3.59. The molecule has 3 nitrogen and oxygen atoms in total. The van der Waals surface area contributed by atoms with Crippen LogP contribution in [0.1, 0.15) is 46.0 Å². The molecule has 1 fully saturated rings. The lowest BCUT2D eigenvalue weighted by atomic mass is 10.1. The van der Waals surface area contributed by atoms with E-state index < -0.39 is 0 Å². The van der Waals surface area contributed by atoms with Gasteiger partial charge >= 0.3 is 0 Å². The first-order valence-electron chi connectivity index (χ1n) is 6.90. The summed E-state index contributed by atoms with van der Waals surface area (Å²) in [6.45, 7) is 8.19. The van der Waals surface area contributed by atoms with E-state index in [1.165, 1.54) is 32.2 Å². The standard InChI is InChI=1S/C13H28N2O/c1-3-8-14-12(7-10-16)11-15-9-5-6-13(15)4-2/h12-14,16H,3-11H2,1-2H3. The fourth-order valence-electron chi connectivity index (χ4n) is 2.64. The van der Waals surface area contributed by atoms with Gasteiger partial charge in [0.15, 0.2) is 0 Å². The Morgan fingerprint density at radius 3 is 2.88 bits per heavy atom. The summed E-state index contributed by atoms with van der Waals surface area (Å²) in [6, 6.07) is 1.25. The van der Waals surface area contributed by atoms with E-state index in [2.05, 4.69) is 24.1 Å². The van der Waals surface area contributed by atoms with Crippen LogP contribution in [0.2, 0.25) is 0 Å². The number of nitrogens with one attached hydrogen (secondary N) is 1. The van der Waals surface area contributed by atoms with Crippen LogP contribution in [0, 0.1) is 0 Å². The van der Waals surface area contributed by atoms with Crippen LogP contribution in [0.4, 0.5) is 0 Å². The number of nitrogens with zero attached hydrogens (tertiary/aromatic N) is 1. The van der Waals surface area contributed by atoms with Crippen LogP contribution in [-0.4, -0.2) is 48.3 Å². The molecule has 0 spiro atoms. The lowest BCUT2D eigenvalue weighted by Gasteiger charge is -2.28. The first-order valence-corrected chi connectivity index (χ1v) is 6.90. The van der Waals surface area contributed by atoms with E-state index in [4.69, 9.17) is 5.11 Å². The highest BCUT2D eigenvalue weighted by molar-refractivity contribution is 4.82. The Kier molecular flexibility index (Phi) is 7.01. The first-order chi connectivity index (χ1) is 7.81. The van der Waals surface area contributed by atoms with Gasteiger partial charge in [-0.05, 0) is 45.2 Å². The lowest BCUT2D eigenvalue weighted by Crippen LogP contribution is -2.43. The normalized spacial score (nSPS) is 23.8. The minimum absolute atomic E-state index is 0.298.